The van der Waals surface area contributed by atoms with E-state index < -0.39 is 0 Å². The monoisotopic (exact) mass is 227 g/mol. The summed E-state index contributed by atoms with van der Waals surface area (Å²) in [5.74, 6) is 0.956. The molecule has 0 atom stereocenters. The van der Waals surface area contributed by atoms with Gasteiger partial charge in [0.15, 0.2) is 0 Å². The predicted molar refractivity (Wildman–Crippen MR) is 62.1 cm³/mol. The Bertz CT molecular complexity index is 578. The number of aromatic nitrogens is 2. The Morgan fingerprint density at radius 3 is 3.00 bits per heavy atom. The summed E-state index contributed by atoms with van der Waals surface area (Å²) in [7, 11) is 0. The minimum atomic E-state index is 0.406. The van der Waals surface area contributed by atoms with Crippen molar-refractivity contribution in [2.75, 3.05) is 0 Å². The first-order chi connectivity index (χ1) is 8.28. The summed E-state index contributed by atoms with van der Waals surface area (Å²) in [6.45, 7) is 1.83. The molecule has 1 aromatic heterocycles. The first-order valence-electron chi connectivity index (χ1n) is 4.89. The van der Waals surface area contributed by atoms with Crippen LogP contribution in [-0.4, -0.2) is 9.97 Å². The number of nitrogens with zero attached hydrogens (tertiary/aromatic N) is 5. The molecule has 0 saturated carbocycles. The first kappa shape index (κ1) is 10.9. The van der Waals surface area contributed by atoms with Gasteiger partial charge in [0.25, 0.3) is 0 Å². The molecule has 1 heterocycles. The van der Waals surface area contributed by atoms with Crippen molar-refractivity contribution in [2.45, 2.75) is 6.92 Å². The van der Waals surface area contributed by atoms with Crippen LogP contribution in [0.15, 0.2) is 41.8 Å². The van der Waals surface area contributed by atoms with Crippen molar-refractivity contribution in [3.63, 3.8) is 0 Å². The summed E-state index contributed by atoms with van der Waals surface area (Å²) < 4.78 is 5.49. The normalized spacial score (nSPS) is 9.47. The standard InChI is InChI=1S/C11H9N5O/c1-8-6-13-7-11(14-8)17-10-4-2-3-9(5-10)15-16-12/h2-7H,1H3. The maximum absolute atomic E-state index is 8.33. The average molecular weight is 227 g/mol. The average Bonchev–Trinajstić information content (AvgIpc) is 2.30. The number of hydrogen-bond acceptors (Lipinski definition) is 4. The van der Waals surface area contributed by atoms with E-state index in [4.69, 9.17) is 10.3 Å². The zero-order valence-electron chi connectivity index (χ0n) is 9.11. The summed E-state index contributed by atoms with van der Waals surface area (Å²) in [6, 6.07) is 6.81. The van der Waals surface area contributed by atoms with Gasteiger partial charge in [-0.3, -0.25) is 4.98 Å². The highest BCUT2D eigenvalue weighted by atomic mass is 16.5. The second-order valence-corrected chi connectivity index (χ2v) is 3.29. The van der Waals surface area contributed by atoms with E-state index in [1.54, 1.807) is 30.5 Å². The third-order valence-electron chi connectivity index (χ3n) is 1.93. The number of ether oxygens (including phenoxy) is 1. The molecule has 6 heteroatoms. The van der Waals surface area contributed by atoms with E-state index in [-0.39, 0.29) is 0 Å². The molecule has 0 radical (unpaired) electrons. The fraction of sp³-hybridized carbons (Fsp3) is 0.0909. The van der Waals surface area contributed by atoms with Crippen molar-refractivity contribution in [1.29, 1.82) is 0 Å². The molecule has 0 aliphatic carbocycles. The van der Waals surface area contributed by atoms with Crippen LogP contribution in [0.4, 0.5) is 5.69 Å². The van der Waals surface area contributed by atoms with E-state index >= 15 is 0 Å². The van der Waals surface area contributed by atoms with Crippen LogP contribution in [-0.2, 0) is 0 Å². The lowest BCUT2D eigenvalue weighted by molar-refractivity contribution is 0.459. The van der Waals surface area contributed by atoms with Gasteiger partial charge in [-0.05, 0) is 24.6 Å². The SMILES string of the molecule is Cc1cncc(Oc2cccc(N=[N+]=[N-])c2)n1. The van der Waals surface area contributed by atoms with Crippen molar-refractivity contribution in [3.05, 3.63) is 52.8 Å². The fourth-order valence-electron chi connectivity index (χ4n) is 1.27. The number of aryl methyl sites for hydroxylation is 1. The van der Waals surface area contributed by atoms with Crippen LogP contribution >= 0.6 is 0 Å². The fourth-order valence-corrected chi connectivity index (χ4v) is 1.27. The predicted octanol–water partition coefficient (Wildman–Crippen LogP) is 3.52. The first-order valence-corrected chi connectivity index (χ1v) is 4.89. The van der Waals surface area contributed by atoms with Gasteiger partial charge in [-0.25, -0.2) is 4.98 Å². The molecule has 1 aromatic carbocycles. The second-order valence-electron chi connectivity index (χ2n) is 3.29. The largest absolute Gasteiger partial charge is 0.437 e. The van der Waals surface area contributed by atoms with Gasteiger partial charge < -0.3 is 4.74 Å². The molecule has 0 spiro atoms. The van der Waals surface area contributed by atoms with Gasteiger partial charge in [0, 0.05) is 16.8 Å². The summed E-state index contributed by atoms with van der Waals surface area (Å²) in [5.41, 5.74) is 9.60. The smallest absolute Gasteiger partial charge is 0.238 e. The third-order valence-corrected chi connectivity index (χ3v) is 1.93. The molecular formula is C11H9N5O. The van der Waals surface area contributed by atoms with Crippen molar-refractivity contribution < 1.29 is 4.74 Å². The van der Waals surface area contributed by atoms with Crippen LogP contribution < -0.4 is 4.74 Å². The molecule has 0 unspecified atom stereocenters. The molecule has 0 fully saturated rings. The zero-order chi connectivity index (χ0) is 12.1. The molecule has 0 amide bonds. The van der Waals surface area contributed by atoms with Crippen molar-refractivity contribution in [2.24, 2.45) is 5.11 Å². The van der Waals surface area contributed by atoms with Crippen molar-refractivity contribution >= 4 is 5.69 Å². The van der Waals surface area contributed by atoms with Gasteiger partial charge in [0.1, 0.15) is 5.75 Å². The minimum absolute atomic E-state index is 0.406. The van der Waals surface area contributed by atoms with Crippen molar-refractivity contribution in [3.8, 4) is 11.6 Å². The van der Waals surface area contributed by atoms with Gasteiger partial charge >= 0.3 is 0 Å². The Morgan fingerprint density at radius 2 is 2.24 bits per heavy atom. The lowest BCUT2D eigenvalue weighted by Crippen LogP contribution is -1.90. The van der Waals surface area contributed by atoms with E-state index in [9.17, 15) is 0 Å². The van der Waals surface area contributed by atoms with Crippen LogP contribution in [0, 0.1) is 6.92 Å². The molecule has 2 aromatic rings. The highest BCUT2D eigenvalue weighted by molar-refractivity contribution is 5.43. The molecule has 2 rings (SSSR count). The van der Waals surface area contributed by atoms with Gasteiger partial charge in [0.05, 0.1) is 11.9 Å². The van der Waals surface area contributed by atoms with E-state index in [1.165, 1.54) is 6.20 Å². The van der Waals surface area contributed by atoms with Crippen molar-refractivity contribution in [1.82, 2.24) is 9.97 Å². The van der Waals surface area contributed by atoms with Crippen LogP contribution in [0.1, 0.15) is 5.69 Å². The lowest BCUT2D eigenvalue weighted by Gasteiger charge is -2.04. The maximum atomic E-state index is 8.33. The van der Waals surface area contributed by atoms with Crippen LogP contribution in [0.25, 0.3) is 10.4 Å². The zero-order valence-corrected chi connectivity index (χ0v) is 9.11. The summed E-state index contributed by atoms with van der Waals surface area (Å²) in [6.07, 6.45) is 3.16. The molecule has 0 bridgehead atoms. The molecule has 0 aliphatic rings. The van der Waals surface area contributed by atoms with Gasteiger partial charge in [-0.15, -0.1) is 0 Å². The highest BCUT2D eigenvalue weighted by Gasteiger charge is 2.00. The second kappa shape index (κ2) is 4.96. The number of benzene rings is 1. The Balaban J connectivity index is 2.24. The van der Waals surface area contributed by atoms with Gasteiger partial charge in [0.2, 0.25) is 5.88 Å². The minimum Gasteiger partial charge on any atom is -0.437 e. The quantitative estimate of drug-likeness (QED) is 0.456. The van der Waals surface area contributed by atoms with Crippen LogP contribution in [0.2, 0.25) is 0 Å². The van der Waals surface area contributed by atoms with E-state index in [1.807, 2.05) is 6.92 Å². The molecule has 84 valence electrons. The van der Waals surface area contributed by atoms with Gasteiger partial charge in [-0.1, -0.05) is 17.2 Å². The van der Waals surface area contributed by atoms with E-state index in [2.05, 4.69) is 20.0 Å². The van der Waals surface area contributed by atoms with E-state index in [0.29, 0.717) is 17.3 Å². The molecule has 6 nitrogen and oxygen atoms in total. The Labute approximate surface area is 97.5 Å². The maximum Gasteiger partial charge on any atom is 0.238 e. The Kier molecular flexibility index (Phi) is 3.18. The Morgan fingerprint density at radius 1 is 1.35 bits per heavy atom. The van der Waals surface area contributed by atoms with Crippen LogP contribution in [0.5, 0.6) is 11.6 Å². The summed E-state index contributed by atoms with van der Waals surface area (Å²) in [4.78, 5) is 10.8. The highest BCUT2D eigenvalue weighted by Crippen LogP contribution is 2.23. The summed E-state index contributed by atoms with van der Waals surface area (Å²) in [5, 5.41) is 3.49. The van der Waals surface area contributed by atoms with Gasteiger partial charge in [-0.2, -0.15) is 0 Å². The third kappa shape index (κ3) is 2.93. The number of azide groups is 1. The molecular weight excluding hydrogens is 218 g/mol. The van der Waals surface area contributed by atoms with E-state index in [0.717, 1.165) is 5.69 Å². The molecule has 0 saturated heterocycles. The summed E-state index contributed by atoms with van der Waals surface area (Å²) >= 11 is 0. The molecule has 0 N–H and O–H groups in total. The molecule has 17 heavy (non-hydrogen) atoms. The number of hydrogen-bond donors (Lipinski definition) is 0. The molecule has 0 aliphatic heterocycles. The Hall–Kier alpha value is -2.59. The number of rotatable bonds is 3. The topological polar surface area (TPSA) is 83.8 Å². The van der Waals surface area contributed by atoms with Crippen LogP contribution in [0.3, 0.4) is 0 Å². The lowest BCUT2D eigenvalue weighted by atomic mass is 10.3.